The summed E-state index contributed by atoms with van der Waals surface area (Å²) < 4.78 is 8.72. The lowest BCUT2D eigenvalue weighted by molar-refractivity contribution is 0.546. The molecule has 0 saturated heterocycles. The lowest BCUT2D eigenvalue weighted by atomic mass is 9.92. The number of rotatable bonds is 2. The van der Waals surface area contributed by atoms with Crippen LogP contribution in [-0.4, -0.2) is 4.57 Å². The molecule has 1 aliphatic heterocycles. The van der Waals surface area contributed by atoms with Crippen molar-refractivity contribution >= 4 is 55.9 Å². The van der Waals surface area contributed by atoms with Crippen LogP contribution >= 0.6 is 0 Å². The van der Waals surface area contributed by atoms with Crippen LogP contribution in [0.3, 0.4) is 0 Å². The van der Waals surface area contributed by atoms with Crippen molar-refractivity contribution in [2.75, 3.05) is 4.90 Å². The highest BCUT2D eigenvalue weighted by Gasteiger charge is 2.27. The number of hydrogen-bond acceptors (Lipinski definition) is 2. The van der Waals surface area contributed by atoms with Crippen LogP contribution in [0.5, 0.6) is 0 Å². The summed E-state index contributed by atoms with van der Waals surface area (Å²) in [6, 6.07) is 48.6. The van der Waals surface area contributed by atoms with Crippen molar-refractivity contribution in [1.29, 1.82) is 0 Å². The normalized spacial score (nSPS) is 13.5. The van der Waals surface area contributed by atoms with Crippen molar-refractivity contribution in [2.45, 2.75) is 12.8 Å². The van der Waals surface area contributed by atoms with E-state index in [2.05, 4.69) is 155 Å². The number of aromatic nitrogens is 1. The fraction of sp³-hybridized carbons (Fsp3) is 0.0476. The zero-order chi connectivity index (χ0) is 29.5. The predicted octanol–water partition coefficient (Wildman–Crippen LogP) is 11.6. The largest absolute Gasteiger partial charge is 0.460 e. The Hall–Kier alpha value is -5.80. The maximum atomic E-state index is 6.28. The summed E-state index contributed by atoms with van der Waals surface area (Å²) in [5.74, 6) is 1.09. The Morgan fingerprint density at radius 2 is 1.22 bits per heavy atom. The number of aryl methyl sites for hydroxylation is 1. The summed E-state index contributed by atoms with van der Waals surface area (Å²) in [5.41, 5.74) is 14.1. The summed E-state index contributed by atoms with van der Waals surface area (Å²) >= 11 is 0. The Morgan fingerprint density at radius 3 is 2.04 bits per heavy atom. The highest BCUT2D eigenvalue weighted by Crippen LogP contribution is 2.52. The molecule has 3 heteroatoms. The number of allylic oxidation sites excluding steroid dienone is 1. The molecule has 2 aromatic heterocycles. The van der Waals surface area contributed by atoms with Crippen molar-refractivity contribution in [3.05, 3.63) is 151 Å². The van der Waals surface area contributed by atoms with Crippen LogP contribution < -0.4 is 4.90 Å². The topological polar surface area (TPSA) is 21.3 Å². The molecule has 0 atom stereocenters. The van der Waals surface area contributed by atoms with Crippen LogP contribution in [0.4, 0.5) is 17.1 Å². The third-order valence-corrected chi connectivity index (χ3v) is 9.56. The van der Waals surface area contributed by atoms with Gasteiger partial charge in [0.15, 0.2) is 0 Å². The monoisotopic (exact) mass is 576 g/mol. The number of furan rings is 1. The van der Waals surface area contributed by atoms with Gasteiger partial charge in [0, 0.05) is 50.6 Å². The summed E-state index contributed by atoms with van der Waals surface area (Å²) in [5, 5.41) is 3.68. The Kier molecular flexibility index (Phi) is 5.11. The molecule has 8 aromatic rings. The van der Waals surface area contributed by atoms with Gasteiger partial charge in [-0.15, -0.1) is 0 Å². The second kappa shape index (κ2) is 9.35. The van der Waals surface area contributed by atoms with Crippen LogP contribution in [-0.2, 0) is 6.42 Å². The summed E-state index contributed by atoms with van der Waals surface area (Å²) in [4.78, 5) is 2.41. The molecule has 0 fully saturated rings. The van der Waals surface area contributed by atoms with E-state index in [0.717, 1.165) is 35.6 Å². The first kappa shape index (κ1) is 24.6. The Balaban J connectivity index is 1.31. The van der Waals surface area contributed by atoms with Crippen molar-refractivity contribution in [2.24, 2.45) is 0 Å². The Morgan fingerprint density at radius 1 is 0.511 bits per heavy atom. The quantitative estimate of drug-likeness (QED) is 0.204. The van der Waals surface area contributed by atoms with Crippen LogP contribution in [0.25, 0.3) is 66.8 Å². The first-order chi connectivity index (χ1) is 22.3. The average Bonchev–Trinajstić information content (AvgIpc) is 3.60. The number of anilines is 3. The molecule has 3 nitrogen and oxygen atoms in total. The molecule has 1 aliphatic carbocycles. The van der Waals surface area contributed by atoms with Gasteiger partial charge in [0.05, 0.1) is 22.4 Å². The van der Waals surface area contributed by atoms with E-state index in [1.807, 2.05) is 0 Å². The maximum absolute atomic E-state index is 6.28. The molecule has 0 saturated carbocycles. The fourth-order valence-electron chi connectivity index (χ4n) is 7.60. The molecule has 212 valence electrons. The Bertz CT molecular complexity index is 2490. The van der Waals surface area contributed by atoms with Gasteiger partial charge in [-0.2, -0.15) is 0 Å². The molecule has 2 aliphatic rings. The zero-order valence-corrected chi connectivity index (χ0v) is 24.6. The Labute approximate surface area is 260 Å². The van der Waals surface area contributed by atoms with Gasteiger partial charge in [0.25, 0.3) is 0 Å². The lowest BCUT2D eigenvalue weighted by Gasteiger charge is -2.27. The molecule has 0 N–H and O–H groups in total. The van der Waals surface area contributed by atoms with Gasteiger partial charge >= 0.3 is 0 Å². The first-order valence-electron chi connectivity index (χ1n) is 15.7. The predicted molar refractivity (Wildman–Crippen MR) is 187 cm³/mol. The molecular weight excluding hydrogens is 548 g/mol. The highest BCUT2D eigenvalue weighted by atomic mass is 16.3. The number of nitrogens with zero attached hydrogens (tertiary/aromatic N) is 2. The maximum Gasteiger partial charge on any atom is 0.135 e. The van der Waals surface area contributed by atoms with Crippen LogP contribution in [0, 0.1) is 0 Å². The third kappa shape index (κ3) is 3.52. The van der Waals surface area contributed by atoms with Crippen molar-refractivity contribution in [3.63, 3.8) is 0 Å². The molecule has 0 radical (unpaired) electrons. The van der Waals surface area contributed by atoms with Crippen molar-refractivity contribution < 1.29 is 4.42 Å². The number of benzene rings is 6. The number of fused-ring (bicyclic) bond motifs is 11. The van der Waals surface area contributed by atoms with Gasteiger partial charge in [0.1, 0.15) is 11.3 Å². The van der Waals surface area contributed by atoms with Gasteiger partial charge in [-0.1, -0.05) is 84.9 Å². The van der Waals surface area contributed by atoms with E-state index >= 15 is 0 Å². The lowest BCUT2D eigenvalue weighted by Crippen LogP contribution is -2.10. The number of para-hydroxylation sites is 4. The first-order valence-corrected chi connectivity index (χ1v) is 15.7. The molecule has 6 aromatic carbocycles. The summed E-state index contributed by atoms with van der Waals surface area (Å²) in [7, 11) is 0. The molecule has 3 heterocycles. The van der Waals surface area contributed by atoms with E-state index in [1.54, 1.807) is 0 Å². The summed E-state index contributed by atoms with van der Waals surface area (Å²) in [6.45, 7) is 0. The molecule has 0 bridgehead atoms. The van der Waals surface area contributed by atoms with Gasteiger partial charge in [-0.25, -0.2) is 0 Å². The van der Waals surface area contributed by atoms with Gasteiger partial charge < -0.3 is 13.9 Å². The molecule has 0 spiro atoms. The molecule has 10 rings (SSSR count). The van der Waals surface area contributed by atoms with Crippen molar-refractivity contribution in [3.8, 4) is 27.9 Å². The molecule has 0 amide bonds. The second-order valence-electron chi connectivity index (χ2n) is 12.0. The minimum atomic E-state index is 0.955. The van der Waals surface area contributed by atoms with E-state index in [-0.39, 0.29) is 0 Å². The summed E-state index contributed by atoms with van der Waals surface area (Å²) in [6.07, 6.45) is 6.48. The van der Waals surface area contributed by atoms with Crippen LogP contribution in [0.15, 0.2) is 144 Å². The van der Waals surface area contributed by atoms with E-state index in [1.165, 1.54) is 66.4 Å². The van der Waals surface area contributed by atoms with Crippen molar-refractivity contribution in [1.82, 2.24) is 4.57 Å². The SMILES string of the molecule is C1=Cc2c(oc3ccc(-n4c5ccccc5c5cc6c(cc54)-c4ccccc4N(c4ccccc4)c4ccccc4-6)cc23)CC1. The van der Waals surface area contributed by atoms with E-state index in [9.17, 15) is 0 Å². The molecule has 45 heavy (non-hydrogen) atoms. The van der Waals surface area contributed by atoms with Gasteiger partial charge in [-0.05, 0) is 78.2 Å². The average molecular weight is 577 g/mol. The zero-order valence-electron chi connectivity index (χ0n) is 24.6. The van der Waals surface area contributed by atoms with Crippen LogP contribution in [0.2, 0.25) is 0 Å². The van der Waals surface area contributed by atoms with E-state index in [4.69, 9.17) is 4.42 Å². The highest BCUT2D eigenvalue weighted by molar-refractivity contribution is 6.15. The minimum absolute atomic E-state index is 0.955. The van der Waals surface area contributed by atoms with Gasteiger partial charge in [0.2, 0.25) is 0 Å². The fourth-order valence-corrected chi connectivity index (χ4v) is 7.60. The van der Waals surface area contributed by atoms with E-state index < -0.39 is 0 Å². The standard InChI is InChI=1S/C42H28N2O/c1-2-12-27(13-3-1)43-37-18-8-4-14-29(37)33-25-35-31-16-6-10-20-39(31)44(40(35)26-34(33)30-15-5-9-19-38(30)43)28-22-23-42-36(24-28)32-17-7-11-21-41(32)45-42/h1-10,12-20,22-26H,11,21H2. The molecule has 0 unspecified atom stereocenters. The number of hydrogen-bond donors (Lipinski definition) is 0. The van der Waals surface area contributed by atoms with Crippen LogP contribution in [0.1, 0.15) is 17.7 Å². The minimum Gasteiger partial charge on any atom is -0.460 e. The van der Waals surface area contributed by atoms with E-state index in [0.29, 0.717) is 0 Å². The second-order valence-corrected chi connectivity index (χ2v) is 12.0. The smallest absolute Gasteiger partial charge is 0.135 e. The third-order valence-electron chi connectivity index (χ3n) is 9.56. The molecular formula is C42H28N2O. The van der Waals surface area contributed by atoms with Gasteiger partial charge in [-0.3, -0.25) is 0 Å².